The number of nitrogens with zero attached hydrogens (tertiary/aromatic N) is 1. The maximum Gasteiger partial charge on any atom is 0.315 e. The number of likely N-dealkylation sites (tertiary alicyclic amines) is 1. The fourth-order valence-corrected chi connectivity index (χ4v) is 7.06. The molecule has 42 heavy (non-hydrogen) atoms. The molecule has 1 heterocycles. The molecule has 0 aromatic carbocycles. The number of fused-ring (bicyclic) bond motifs is 1. The van der Waals surface area contributed by atoms with Crippen LogP contribution in [0.2, 0.25) is 0 Å². The van der Waals surface area contributed by atoms with Gasteiger partial charge in [-0.15, -0.1) is 6.58 Å². The van der Waals surface area contributed by atoms with Crippen molar-refractivity contribution in [2.24, 2.45) is 22.7 Å². The minimum Gasteiger partial charge on any atom is -0.346 e. The lowest BCUT2D eigenvalue weighted by Crippen LogP contribution is -2.63. The van der Waals surface area contributed by atoms with Crippen molar-refractivity contribution in [3.63, 3.8) is 0 Å². The number of Topliss-reactive ketones (excluding diaryl/α,β-unsaturated/α-hetero) is 1. The highest BCUT2D eigenvalue weighted by molar-refractivity contribution is 6.38. The summed E-state index contributed by atoms with van der Waals surface area (Å²) in [6.45, 7) is 17.9. The fraction of sp³-hybridized carbons (Fsp3) is 0.781. The second kappa shape index (κ2) is 13.2. The van der Waals surface area contributed by atoms with Gasteiger partial charge in [0.2, 0.25) is 17.6 Å². The third-order valence-corrected chi connectivity index (χ3v) is 9.86. The molecule has 0 aromatic heterocycles. The SMILES string of the molecule is C=CCNC(=O)C(=O)C(CCC)NC(=O)[C@@H]1C2C(CN1C(=O)[C@@H](NC(=O)NC1(CC)CCCCC1)C(C)(C)C)C2(C)C. The minimum absolute atomic E-state index is 0.0755. The number of hydrogen-bond donors (Lipinski definition) is 4. The highest BCUT2D eigenvalue weighted by Crippen LogP contribution is 2.65. The number of ketones is 1. The molecule has 0 bridgehead atoms. The molecule has 2 aliphatic carbocycles. The zero-order valence-electron chi connectivity index (χ0n) is 26.7. The van der Waals surface area contributed by atoms with E-state index < -0.39 is 41.1 Å². The molecule has 236 valence electrons. The van der Waals surface area contributed by atoms with Crippen LogP contribution in [0.25, 0.3) is 0 Å². The summed E-state index contributed by atoms with van der Waals surface area (Å²) < 4.78 is 0. The summed E-state index contributed by atoms with van der Waals surface area (Å²) in [4.78, 5) is 68.2. The lowest BCUT2D eigenvalue weighted by molar-refractivity contribution is -0.145. The Labute approximate surface area is 251 Å². The smallest absolute Gasteiger partial charge is 0.315 e. The first-order chi connectivity index (χ1) is 19.6. The Morgan fingerprint density at radius 3 is 2.21 bits per heavy atom. The van der Waals surface area contributed by atoms with Gasteiger partial charge in [0.25, 0.3) is 5.91 Å². The number of rotatable bonds is 12. The Morgan fingerprint density at radius 1 is 1.02 bits per heavy atom. The third kappa shape index (κ3) is 7.17. The van der Waals surface area contributed by atoms with Crippen LogP contribution in [0.1, 0.15) is 99.8 Å². The van der Waals surface area contributed by atoms with E-state index in [4.69, 9.17) is 0 Å². The lowest BCUT2D eigenvalue weighted by atomic mass is 9.80. The Balaban J connectivity index is 1.81. The predicted molar refractivity (Wildman–Crippen MR) is 162 cm³/mol. The van der Waals surface area contributed by atoms with Gasteiger partial charge in [-0.05, 0) is 48.3 Å². The molecular weight excluding hydrogens is 534 g/mol. The number of carbonyl (C=O) groups excluding carboxylic acids is 5. The molecule has 0 radical (unpaired) electrons. The summed E-state index contributed by atoms with van der Waals surface area (Å²) in [5.74, 6) is -2.18. The zero-order chi connectivity index (χ0) is 31.5. The van der Waals surface area contributed by atoms with Gasteiger partial charge in [-0.1, -0.05) is 80.2 Å². The standard InChI is InChI=1S/C32H53N5O5/c1-9-15-21(24(38)27(40)33-18-10-2)34-26(39)23-22-20(31(22,7)8)19-37(23)28(41)25(30(4,5)6)35-29(42)36-32(11-3)16-13-12-14-17-32/h10,20-23,25H,2,9,11-19H2,1,3-8H3,(H,33,40)(H,34,39)(H2,35,36,42)/t20?,21?,22?,23-,25+/m0/s1. The highest BCUT2D eigenvalue weighted by atomic mass is 16.2. The first-order valence-corrected chi connectivity index (χ1v) is 15.8. The van der Waals surface area contributed by atoms with Crippen molar-refractivity contribution >= 4 is 29.5 Å². The number of amides is 5. The summed E-state index contributed by atoms with van der Waals surface area (Å²) >= 11 is 0. The van der Waals surface area contributed by atoms with Crippen LogP contribution in [-0.4, -0.2) is 71.2 Å². The van der Waals surface area contributed by atoms with Crippen molar-refractivity contribution in [3.8, 4) is 0 Å². The molecule has 5 amide bonds. The molecule has 3 fully saturated rings. The van der Waals surface area contributed by atoms with Crippen LogP contribution in [0, 0.1) is 22.7 Å². The number of piperidine rings is 1. The number of carbonyl (C=O) groups is 5. The average molecular weight is 588 g/mol. The summed E-state index contributed by atoms with van der Waals surface area (Å²) in [7, 11) is 0. The van der Waals surface area contributed by atoms with Crippen molar-refractivity contribution in [2.45, 2.75) is 123 Å². The van der Waals surface area contributed by atoms with Crippen LogP contribution in [0.3, 0.4) is 0 Å². The molecule has 3 unspecified atom stereocenters. The van der Waals surface area contributed by atoms with Gasteiger partial charge >= 0.3 is 6.03 Å². The van der Waals surface area contributed by atoms with Gasteiger partial charge in [0, 0.05) is 18.6 Å². The minimum atomic E-state index is -0.992. The predicted octanol–water partition coefficient (Wildman–Crippen LogP) is 3.45. The Bertz CT molecular complexity index is 1060. The molecule has 4 N–H and O–H groups in total. The average Bonchev–Trinajstić information content (AvgIpc) is 3.24. The van der Waals surface area contributed by atoms with E-state index in [-0.39, 0.29) is 41.3 Å². The van der Waals surface area contributed by atoms with Crippen LogP contribution in [-0.2, 0) is 19.2 Å². The van der Waals surface area contributed by atoms with Crippen molar-refractivity contribution in [3.05, 3.63) is 12.7 Å². The summed E-state index contributed by atoms with van der Waals surface area (Å²) in [6, 6.07) is -3.01. The maximum atomic E-state index is 14.2. The second-order valence-electron chi connectivity index (χ2n) is 14.2. The summed E-state index contributed by atoms with van der Waals surface area (Å²) in [6.07, 6.45) is 8.32. The molecule has 3 rings (SSSR count). The molecule has 10 heteroatoms. The second-order valence-corrected chi connectivity index (χ2v) is 14.2. The van der Waals surface area contributed by atoms with Gasteiger partial charge in [0.05, 0.1) is 6.04 Å². The first kappa shape index (κ1) is 33.6. The zero-order valence-corrected chi connectivity index (χ0v) is 26.7. The van der Waals surface area contributed by atoms with E-state index in [1.807, 2.05) is 27.7 Å². The van der Waals surface area contributed by atoms with Gasteiger partial charge in [0.1, 0.15) is 12.1 Å². The maximum absolute atomic E-state index is 14.2. The quantitative estimate of drug-likeness (QED) is 0.205. The number of nitrogens with one attached hydrogen (secondary N) is 4. The Hall–Kier alpha value is -2.91. The molecule has 5 atom stereocenters. The Morgan fingerprint density at radius 2 is 1.67 bits per heavy atom. The van der Waals surface area contributed by atoms with E-state index in [1.165, 1.54) is 6.08 Å². The van der Waals surface area contributed by atoms with Crippen LogP contribution in [0.15, 0.2) is 12.7 Å². The van der Waals surface area contributed by atoms with E-state index in [9.17, 15) is 24.0 Å². The van der Waals surface area contributed by atoms with E-state index in [0.29, 0.717) is 19.4 Å². The van der Waals surface area contributed by atoms with Crippen LogP contribution in [0.4, 0.5) is 4.79 Å². The van der Waals surface area contributed by atoms with E-state index in [1.54, 1.807) is 4.90 Å². The summed E-state index contributed by atoms with van der Waals surface area (Å²) in [5.41, 5.74) is -1.02. The molecular formula is C32H53N5O5. The van der Waals surface area contributed by atoms with Crippen LogP contribution in [0.5, 0.6) is 0 Å². The first-order valence-electron chi connectivity index (χ1n) is 15.8. The summed E-state index contributed by atoms with van der Waals surface area (Å²) in [5, 5.41) is 11.5. The van der Waals surface area contributed by atoms with Crippen molar-refractivity contribution in [2.75, 3.05) is 13.1 Å². The van der Waals surface area contributed by atoms with Crippen molar-refractivity contribution in [1.82, 2.24) is 26.2 Å². The lowest BCUT2D eigenvalue weighted by Gasteiger charge is -2.40. The van der Waals surface area contributed by atoms with Crippen LogP contribution >= 0.6 is 0 Å². The molecule has 0 aromatic rings. The van der Waals surface area contributed by atoms with E-state index in [2.05, 4.69) is 48.6 Å². The topological polar surface area (TPSA) is 137 Å². The number of hydrogen-bond acceptors (Lipinski definition) is 5. The van der Waals surface area contributed by atoms with Gasteiger partial charge in [-0.3, -0.25) is 19.2 Å². The van der Waals surface area contributed by atoms with Gasteiger partial charge in [-0.25, -0.2) is 4.79 Å². The molecule has 1 aliphatic heterocycles. The van der Waals surface area contributed by atoms with E-state index in [0.717, 1.165) is 38.5 Å². The number of urea groups is 1. The largest absolute Gasteiger partial charge is 0.346 e. The molecule has 10 nitrogen and oxygen atoms in total. The molecule has 2 saturated carbocycles. The highest BCUT2D eigenvalue weighted by Gasteiger charge is 2.70. The van der Waals surface area contributed by atoms with Gasteiger partial charge in [-0.2, -0.15) is 0 Å². The van der Waals surface area contributed by atoms with Crippen LogP contribution < -0.4 is 21.3 Å². The normalized spacial score (nSPS) is 25.3. The molecule has 3 aliphatic rings. The monoisotopic (exact) mass is 587 g/mol. The third-order valence-electron chi connectivity index (χ3n) is 9.86. The van der Waals surface area contributed by atoms with Gasteiger partial charge < -0.3 is 26.2 Å². The fourth-order valence-electron chi connectivity index (χ4n) is 7.06. The molecule has 1 saturated heterocycles. The van der Waals surface area contributed by atoms with Crippen molar-refractivity contribution < 1.29 is 24.0 Å². The molecule has 0 spiro atoms. The van der Waals surface area contributed by atoms with E-state index >= 15 is 0 Å². The Kier molecular flexibility index (Phi) is 10.5. The van der Waals surface area contributed by atoms with Gasteiger partial charge in [0.15, 0.2) is 0 Å². The van der Waals surface area contributed by atoms with Crippen molar-refractivity contribution in [1.29, 1.82) is 0 Å².